The van der Waals surface area contributed by atoms with Crippen LogP contribution in [-0.2, 0) is 0 Å². The molecule has 0 radical (unpaired) electrons. The number of hydrogen-bond donors (Lipinski definition) is 0. The Morgan fingerprint density at radius 3 is 1.88 bits per heavy atom. The van der Waals surface area contributed by atoms with E-state index in [1.54, 1.807) is 0 Å². The van der Waals surface area contributed by atoms with E-state index in [1.165, 1.54) is 49.2 Å². The number of fused-ring (bicyclic) bond motifs is 4. The van der Waals surface area contributed by atoms with Crippen LogP contribution in [0.1, 0.15) is 0 Å². The highest BCUT2D eigenvalue weighted by atomic mass is 15.1. The number of rotatable bonds is 4. The number of hydrogen-bond acceptors (Lipinski definition) is 3. The molecule has 11 rings (SSSR count). The van der Waals surface area contributed by atoms with Crippen LogP contribution >= 0.6 is 0 Å². The molecule has 3 aromatic heterocycles. The van der Waals surface area contributed by atoms with Crippen LogP contribution in [0, 0.1) is 0 Å². The minimum atomic E-state index is 0.632. The van der Waals surface area contributed by atoms with Crippen LogP contribution in [-0.4, -0.2) is 19.5 Å². The van der Waals surface area contributed by atoms with E-state index in [0.717, 1.165) is 50.3 Å². The molecule has 236 valence electrons. The molecule has 0 N–H and O–H groups in total. The molecule has 4 heteroatoms. The number of aromatic nitrogens is 4. The molecule has 0 spiro atoms. The summed E-state index contributed by atoms with van der Waals surface area (Å²) in [6, 6.07) is 58.1. The van der Waals surface area contributed by atoms with E-state index in [2.05, 4.69) is 156 Å². The van der Waals surface area contributed by atoms with Gasteiger partial charge in [-0.2, -0.15) is 0 Å². The summed E-state index contributed by atoms with van der Waals surface area (Å²) >= 11 is 0. The van der Waals surface area contributed by atoms with Crippen LogP contribution in [0.2, 0.25) is 0 Å². The van der Waals surface area contributed by atoms with E-state index in [4.69, 9.17) is 15.0 Å². The molecule has 51 heavy (non-hydrogen) atoms. The molecular formula is C47H28N4. The Bertz CT molecular complexity index is 3020. The molecule has 0 atom stereocenters. The SMILES string of the molecule is c1ccc(-c2cc(-c3cccc4ccccc34)nc(-c3cccnc3-n3c4cccc5c4c4c6c(cccc6ccc43)-c3ccccc3-5)n2)cc1. The lowest BCUT2D eigenvalue weighted by molar-refractivity contribution is 1.07. The lowest BCUT2D eigenvalue weighted by Gasteiger charge is -2.16. The Balaban J connectivity index is 1.23. The van der Waals surface area contributed by atoms with E-state index < -0.39 is 0 Å². The van der Waals surface area contributed by atoms with Gasteiger partial charge in [0.2, 0.25) is 0 Å². The predicted molar refractivity (Wildman–Crippen MR) is 210 cm³/mol. The Morgan fingerprint density at radius 1 is 0.392 bits per heavy atom. The summed E-state index contributed by atoms with van der Waals surface area (Å²) in [7, 11) is 0. The van der Waals surface area contributed by atoms with Crippen LogP contribution in [0.3, 0.4) is 0 Å². The maximum Gasteiger partial charge on any atom is 0.164 e. The summed E-state index contributed by atoms with van der Waals surface area (Å²) in [5, 5.41) is 7.32. The fourth-order valence-corrected chi connectivity index (χ4v) is 8.22. The summed E-state index contributed by atoms with van der Waals surface area (Å²) in [5.74, 6) is 1.43. The largest absolute Gasteiger partial charge is 0.293 e. The van der Waals surface area contributed by atoms with Gasteiger partial charge in [-0.1, -0.05) is 133 Å². The van der Waals surface area contributed by atoms with Crippen molar-refractivity contribution in [2.24, 2.45) is 0 Å². The van der Waals surface area contributed by atoms with Gasteiger partial charge in [0.1, 0.15) is 5.82 Å². The molecule has 1 aliphatic rings. The van der Waals surface area contributed by atoms with Crippen molar-refractivity contribution < 1.29 is 0 Å². The lowest BCUT2D eigenvalue weighted by atomic mass is 9.93. The van der Waals surface area contributed by atoms with Crippen molar-refractivity contribution in [3.05, 3.63) is 170 Å². The van der Waals surface area contributed by atoms with Crippen molar-refractivity contribution in [2.45, 2.75) is 0 Å². The average molecular weight is 649 g/mol. The van der Waals surface area contributed by atoms with Gasteiger partial charge in [0, 0.05) is 28.1 Å². The number of pyridine rings is 1. The third-order valence-corrected chi connectivity index (χ3v) is 10.4. The van der Waals surface area contributed by atoms with Crippen molar-refractivity contribution in [3.8, 4) is 62.0 Å². The van der Waals surface area contributed by atoms with Gasteiger partial charge < -0.3 is 0 Å². The van der Waals surface area contributed by atoms with Crippen molar-refractivity contribution in [1.29, 1.82) is 0 Å². The molecule has 0 aliphatic heterocycles. The summed E-state index contributed by atoms with van der Waals surface area (Å²) in [4.78, 5) is 15.7. The van der Waals surface area contributed by atoms with Crippen molar-refractivity contribution in [3.63, 3.8) is 0 Å². The van der Waals surface area contributed by atoms with E-state index in [0.29, 0.717) is 5.82 Å². The Hall–Kier alpha value is -6.91. The second kappa shape index (κ2) is 10.8. The van der Waals surface area contributed by atoms with Crippen LogP contribution in [0.5, 0.6) is 0 Å². The van der Waals surface area contributed by atoms with Gasteiger partial charge in [-0.15, -0.1) is 0 Å². The predicted octanol–water partition coefficient (Wildman–Crippen LogP) is 11.9. The molecule has 0 amide bonds. The number of benzene rings is 7. The van der Waals surface area contributed by atoms with Crippen LogP contribution < -0.4 is 0 Å². The van der Waals surface area contributed by atoms with Crippen molar-refractivity contribution >= 4 is 43.4 Å². The first kappa shape index (κ1) is 28.0. The van der Waals surface area contributed by atoms with E-state index in [-0.39, 0.29) is 0 Å². The van der Waals surface area contributed by atoms with Crippen molar-refractivity contribution in [2.75, 3.05) is 0 Å². The zero-order chi connectivity index (χ0) is 33.5. The molecule has 0 unspecified atom stereocenters. The Labute approximate surface area is 294 Å². The smallest absolute Gasteiger partial charge is 0.164 e. The molecule has 1 aliphatic carbocycles. The zero-order valence-corrected chi connectivity index (χ0v) is 27.5. The molecular weight excluding hydrogens is 621 g/mol. The molecule has 3 heterocycles. The topological polar surface area (TPSA) is 43.6 Å². The van der Waals surface area contributed by atoms with Gasteiger partial charge in [-0.3, -0.25) is 4.57 Å². The van der Waals surface area contributed by atoms with Gasteiger partial charge in [-0.05, 0) is 74.1 Å². The van der Waals surface area contributed by atoms with Gasteiger partial charge in [-0.25, -0.2) is 15.0 Å². The maximum atomic E-state index is 5.34. The van der Waals surface area contributed by atoms with E-state index in [9.17, 15) is 0 Å². The molecule has 4 nitrogen and oxygen atoms in total. The highest BCUT2D eigenvalue weighted by Crippen LogP contribution is 2.49. The highest BCUT2D eigenvalue weighted by molar-refractivity contribution is 6.30. The van der Waals surface area contributed by atoms with Gasteiger partial charge >= 0.3 is 0 Å². The normalized spacial score (nSPS) is 11.9. The zero-order valence-electron chi connectivity index (χ0n) is 27.5. The molecule has 0 saturated carbocycles. The quantitative estimate of drug-likeness (QED) is 0.191. The Morgan fingerprint density at radius 2 is 1.02 bits per heavy atom. The second-order valence-electron chi connectivity index (χ2n) is 13.2. The molecule has 0 saturated heterocycles. The molecule has 0 bridgehead atoms. The van der Waals surface area contributed by atoms with Crippen LogP contribution in [0.4, 0.5) is 0 Å². The molecule has 0 fully saturated rings. The molecule has 10 aromatic rings. The first-order valence-electron chi connectivity index (χ1n) is 17.3. The van der Waals surface area contributed by atoms with Crippen molar-refractivity contribution in [1.82, 2.24) is 19.5 Å². The lowest BCUT2D eigenvalue weighted by Crippen LogP contribution is -2.03. The first-order chi connectivity index (χ1) is 25.3. The fraction of sp³-hybridized carbons (Fsp3) is 0. The van der Waals surface area contributed by atoms with Crippen LogP contribution in [0.25, 0.3) is 105 Å². The average Bonchev–Trinajstić information content (AvgIpc) is 3.48. The molecule has 7 aromatic carbocycles. The third kappa shape index (κ3) is 4.11. The standard InChI is InChI=1S/C47H28N4/c1-2-13-30(14-3-1)39-28-40(35-20-8-15-29-12-4-5-17-32(29)35)50-46(49-39)38-23-11-27-48-47(38)51-41-24-10-22-37-34-19-7-6-18-33(34)36-21-9-16-31-25-26-42(51)45(43(31)36)44(37)41/h1-28H. The fourth-order valence-electron chi connectivity index (χ4n) is 8.22. The summed E-state index contributed by atoms with van der Waals surface area (Å²) in [6.07, 6.45) is 1.88. The highest BCUT2D eigenvalue weighted by Gasteiger charge is 2.26. The van der Waals surface area contributed by atoms with Gasteiger partial charge in [0.15, 0.2) is 5.82 Å². The summed E-state index contributed by atoms with van der Waals surface area (Å²) < 4.78 is 2.32. The van der Waals surface area contributed by atoms with E-state index >= 15 is 0 Å². The van der Waals surface area contributed by atoms with Gasteiger partial charge in [0.25, 0.3) is 0 Å². The second-order valence-corrected chi connectivity index (χ2v) is 13.2. The third-order valence-electron chi connectivity index (χ3n) is 10.4. The number of nitrogens with zero attached hydrogens (tertiary/aromatic N) is 4. The summed E-state index contributed by atoms with van der Waals surface area (Å²) in [5.41, 5.74) is 11.9. The minimum Gasteiger partial charge on any atom is -0.293 e. The van der Waals surface area contributed by atoms with Crippen LogP contribution in [0.15, 0.2) is 170 Å². The van der Waals surface area contributed by atoms with E-state index in [1.807, 2.05) is 18.3 Å². The minimum absolute atomic E-state index is 0.632. The summed E-state index contributed by atoms with van der Waals surface area (Å²) in [6.45, 7) is 0. The Kier molecular flexibility index (Phi) is 5.92. The first-order valence-corrected chi connectivity index (χ1v) is 17.3. The maximum absolute atomic E-state index is 5.34. The monoisotopic (exact) mass is 648 g/mol. The van der Waals surface area contributed by atoms with Gasteiger partial charge in [0.05, 0.1) is 28.0 Å².